The predicted octanol–water partition coefficient (Wildman–Crippen LogP) is 0.955. The molecule has 4 heteroatoms. The van der Waals surface area contributed by atoms with Crippen molar-refractivity contribution >= 4 is 5.69 Å². The molecular formula is C8H12N2O2. The maximum Gasteiger partial charge on any atom is 0.200 e. The van der Waals surface area contributed by atoms with Crippen molar-refractivity contribution in [2.24, 2.45) is 0 Å². The monoisotopic (exact) mass is 168 g/mol. The van der Waals surface area contributed by atoms with E-state index in [4.69, 9.17) is 15.2 Å². The maximum absolute atomic E-state index is 5.47. The topological polar surface area (TPSA) is 57.4 Å². The third kappa shape index (κ3) is 1.93. The SMILES string of the molecule is COC(OC)c1ccc(N)cn1. The van der Waals surface area contributed by atoms with E-state index in [2.05, 4.69) is 4.98 Å². The van der Waals surface area contributed by atoms with Gasteiger partial charge in [0.2, 0.25) is 6.29 Å². The molecule has 1 aromatic rings. The summed E-state index contributed by atoms with van der Waals surface area (Å²) in [5.74, 6) is 0. The molecule has 0 spiro atoms. The molecule has 1 rings (SSSR count). The smallest absolute Gasteiger partial charge is 0.200 e. The van der Waals surface area contributed by atoms with Crippen LogP contribution >= 0.6 is 0 Å². The minimum absolute atomic E-state index is 0.411. The van der Waals surface area contributed by atoms with Crippen LogP contribution in [0.2, 0.25) is 0 Å². The zero-order valence-corrected chi connectivity index (χ0v) is 7.15. The van der Waals surface area contributed by atoms with Gasteiger partial charge >= 0.3 is 0 Å². The molecule has 2 N–H and O–H groups in total. The summed E-state index contributed by atoms with van der Waals surface area (Å²) in [4.78, 5) is 4.05. The van der Waals surface area contributed by atoms with E-state index in [-0.39, 0.29) is 0 Å². The Hall–Kier alpha value is -1.13. The van der Waals surface area contributed by atoms with Crippen LogP contribution in [0.25, 0.3) is 0 Å². The van der Waals surface area contributed by atoms with Gasteiger partial charge in [-0.05, 0) is 12.1 Å². The number of nitrogens with two attached hydrogens (primary N) is 1. The Morgan fingerprint density at radius 1 is 1.33 bits per heavy atom. The summed E-state index contributed by atoms with van der Waals surface area (Å²) in [7, 11) is 3.12. The lowest BCUT2D eigenvalue weighted by atomic mass is 10.3. The predicted molar refractivity (Wildman–Crippen MR) is 45.4 cm³/mol. The lowest BCUT2D eigenvalue weighted by Gasteiger charge is -2.11. The fraction of sp³-hybridized carbons (Fsp3) is 0.375. The van der Waals surface area contributed by atoms with Crippen molar-refractivity contribution in [3.05, 3.63) is 24.0 Å². The second-order valence-electron chi connectivity index (χ2n) is 2.32. The molecular weight excluding hydrogens is 156 g/mol. The summed E-state index contributed by atoms with van der Waals surface area (Å²) in [6, 6.07) is 3.53. The van der Waals surface area contributed by atoms with Crippen LogP contribution in [0.5, 0.6) is 0 Å². The first-order valence-electron chi connectivity index (χ1n) is 3.55. The molecule has 0 aromatic carbocycles. The average Bonchev–Trinajstić information content (AvgIpc) is 2.10. The van der Waals surface area contributed by atoms with Crippen molar-refractivity contribution in [3.8, 4) is 0 Å². The number of rotatable bonds is 3. The second kappa shape index (κ2) is 4.04. The molecule has 0 amide bonds. The van der Waals surface area contributed by atoms with E-state index >= 15 is 0 Å². The molecule has 0 saturated carbocycles. The summed E-state index contributed by atoms with van der Waals surface area (Å²) >= 11 is 0. The molecule has 0 aliphatic rings. The Kier molecular flexibility index (Phi) is 3.01. The number of pyridine rings is 1. The van der Waals surface area contributed by atoms with Crippen LogP contribution in [0, 0.1) is 0 Å². The van der Waals surface area contributed by atoms with E-state index in [0.717, 1.165) is 0 Å². The number of ether oxygens (including phenoxy) is 2. The molecule has 12 heavy (non-hydrogen) atoms. The van der Waals surface area contributed by atoms with Gasteiger partial charge in [0.1, 0.15) is 0 Å². The van der Waals surface area contributed by atoms with E-state index < -0.39 is 6.29 Å². The lowest BCUT2D eigenvalue weighted by molar-refractivity contribution is -0.108. The van der Waals surface area contributed by atoms with Gasteiger partial charge in [-0.3, -0.25) is 4.98 Å². The molecule has 0 aliphatic heterocycles. The summed E-state index contributed by atoms with van der Waals surface area (Å²) < 4.78 is 10.00. The van der Waals surface area contributed by atoms with Gasteiger partial charge in [0.25, 0.3) is 0 Å². The number of nitrogen functional groups attached to an aromatic ring is 1. The molecule has 0 aliphatic carbocycles. The van der Waals surface area contributed by atoms with Crippen molar-refractivity contribution in [1.29, 1.82) is 0 Å². The highest BCUT2D eigenvalue weighted by Crippen LogP contribution is 2.14. The number of nitrogens with zero attached hydrogens (tertiary/aromatic N) is 1. The van der Waals surface area contributed by atoms with E-state index in [1.54, 1.807) is 32.5 Å². The number of hydrogen-bond acceptors (Lipinski definition) is 4. The number of hydrogen-bond donors (Lipinski definition) is 1. The Morgan fingerprint density at radius 3 is 2.42 bits per heavy atom. The van der Waals surface area contributed by atoms with E-state index in [0.29, 0.717) is 11.4 Å². The minimum atomic E-state index is -0.411. The van der Waals surface area contributed by atoms with Crippen LogP contribution in [0.4, 0.5) is 5.69 Å². The molecule has 0 bridgehead atoms. The molecule has 4 nitrogen and oxygen atoms in total. The van der Waals surface area contributed by atoms with Gasteiger partial charge in [-0.2, -0.15) is 0 Å². The second-order valence-corrected chi connectivity index (χ2v) is 2.32. The van der Waals surface area contributed by atoms with Gasteiger partial charge in [0.05, 0.1) is 17.6 Å². The molecule has 66 valence electrons. The van der Waals surface area contributed by atoms with Crippen LogP contribution in [-0.4, -0.2) is 19.2 Å². The third-order valence-electron chi connectivity index (χ3n) is 1.48. The summed E-state index contributed by atoms with van der Waals surface area (Å²) in [6.07, 6.45) is 1.16. The average molecular weight is 168 g/mol. The standard InChI is InChI=1S/C8H12N2O2/c1-11-8(12-2)7-4-3-6(9)5-10-7/h3-5,8H,9H2,1-2H3. The molecule has 0 unspecified atom stereocenters. The lowest BCUT2D eigenvalue weighted by Crippen LogP contribution is -2.05. The zero-order chi connectivity index (χ0) is 8.97. The van der Waals surface area contributed by atoms with Gasteiger partial charge < -0.3 is 15.2 Å². The Labute approximate surface area is 71.3 Å². The van der Waals surface area contributed by atoms with Gasteiger partial charge in [-0.1, -0.05) is 0 Å². The molecule has 0 saturated heterocycles. The molecule has 0 radical (unpaired) electrons. The largest absolute Gasteiger partial charge is 0.397 e. The van der Waals surface area contributed by atoms with Crippen LogP contribution in [0.15, 0.2) is 18.3 Å². The third-order valence-corrected chi connectivity index (χ3v) is 1.48. The minimum Gasteiger partial charge on any atom is -0.397 e. The Balaban J connectivity index is 2.80. The van der Waals surface area contributed by atoms with Crippen LogP contribution in [0.1, 0.15) is 12.0 Å². The summed E-state index contributed by atoms with van der Waals surface area (Å²) in [5.41, 5.74) is 6.81. The van der Waals surface area contributed by atoms with Crippen LogP contribution in [0.3, 0.4) is 0 Å². The molecule has 0 fully saturated rings. The first-order chi connectivity index (χ1) is 5.77. The maximum atomic E-state index is 5.47. The fourth-order valence-corrected chi connectivity index (χ4v) is 0.894. The van der Waals surface area contributed by atoms with Crippen LogP contribution < -0.4 is 5.73 Å². The number of methoxy groups -OCH3 is 2. The van der Waals surface area contributed by atoms with Crippen molar-refractivity contribution in [2.45, 2.75) is 6.29 Å². The van der Waals surface area contributed by atoms with Gasteiger partial charge in [-0.15, -0.1) is 0 Å². The Bertz CT molecular complexity index is 231. The summed E-state index contributed by atoms with van der Waals surface area (Å²) in [6.45, 7) is 0. The zero-order valence-electron chi connectivity index (χ0n) is 7.15. The summed E-state index contributed by atoms with van der Waals surface area (Å²) in [5, 5.41) is 0. The molecule has 1 aromatic heterocycles. The first-order valence-corrected chi connectivity index (χ1v) is 3.55. The van der Waals surface area contributed by atoms with Gasteiger partial charge in [-0.25, -0.2) is 0 Å². The Morgan fingerprint density at radius 2 is 2.00 bits per heavy atom. The van der Waals surface area contributed by atoms with Crippen molar-refractivity contribution in [3.63, 3.8) is 0 Å². The quantitative estimate of drug-likeness (QED) is 0.683. The number of anilines is 1. The van der Waals surface area contributed by atoms with Crippen LogP contribution in [-0.2, 0) is 9.47 Å². The molecule has 1 heterocycles. The van der Waals surface area contributed by atoms with Gasteiger partial charge in [0, 0.05) is 14.2 Å². The normalized spacial score (nSPS) is 10.6. The van der Waals surface area contributed by atoms with Gasteiger partial charge in [0.15, 0.2) is 0 Å². The van der Waals surface area contributed by atoms with E-state index in [9.17, 15) is 0 Å². The van der Waals surface area contributed by atoms with Crippen molar-refractivity contribution in [1.82, 2.24) is 4.98 Å². The fourth-order valence-electron chi connectivity index (χ4n) is 0.894. The first kappa shape index (κ1) is 8.96. The highest BCUT2D eigenvalue weighted by atomic mass is 16.7. The van der Waals surface area contributed by atoms with E-state index in [1.165, 1.54) is 0 Å². The van der Waals surface area contributed by atoms with Crippen molar-refractivity contribution < 1.29 is 9.47 Å². The highest BCUT2D eigenvalue weighted by Gasteiger charge is 2.08. The number of aromatic nitrogens is 1. The highest BCUT2D eigenvalue weighted by molar-refractivity contribution is 5.34. The molecule has 0 atom stereocenters. The van der Waals surface area contributed by atoms with E-state index in [1.807, 2.05) is 0 Å². The van der Waals surface area contributed by atoms with Crippen molar-refractivity contribution in [2.75, 3.05) is 20.0 Å².